The van der Waals surface area contributed by atoms with Crippen molar-refractivity contribution in [3.63, 3.8) is 0 Å². The molecule has 2 aliphatic rings. The van der Waals surface area contributed by atoms with Gasteiger partial charge in [0.05, 0.1) is 17.0 Å². The molecular weight excluding hydrogens is 810 g/mol. The molecule has 0 bridgehead atoms. The number of benzene rings is 5. The van der Waals surface area contributed by atoms with E-state index in [4.69, 9.17) is 19.8 Å². The maximum atomic E-state index is 12.6. The fourth-order valence-corrected chi connectivity index (χ4v) is 7.53. The fourth-order valence-electron chi connectivity index (χ4n) is 7.05. The maximum absolute atomic E-state index is 12.6. The molecule has 2 fully saturated rings. The summed E-state index contributed by atoms with van der Waals surface area (Å²) in [4.78, 5) is 14.1. The molecule has 15 heteroatoms. The van der Waals surface area contributed by atoms with Crippen molar-refractivity contribution in [2.24, 2.45) is 5.73 Å². The lowest BCUT2D eigenvalue weighted by Gasteiger charge is -2.26. The van der Waals surface area contributed by atoms with Gasteiger partial charge in [-0.05, 0) is 87.2 Å². The molecule has 5 N–H and O–H groups in total. The Bertz CT molecular complexity index is 2220. The van der Waals surface area contributed by atoms with Crippen LogP contribution in [0.15, 0.2) is 138 Å². The van der Waals surface area contributed by atoms with Crippen molar-refractivity contribution < 1.29 is 45.1 Å². The molecule has 2 heterocycles. The molecule has 0 radical (unpaired) electrons. The van der Waals surface area contributed by atoms with Crippen LogP contribution in [-0.4, -0.2) is 61.6 Å². The second kappa shape index (κ2) is 21.9. The van der Waals surface area contributed by atoms with Gasteiger partial charge in [-0.3, -0.25) is 9.45 Å². The highest BCUT2D eigenvalue weighted by Gasteiger charge is 2.37. The van der Waals surface area contributed by atoms with Gasteiger partial charge in [-0.15, -0.1) is 13.2 Å². The summed E-state index contributed by atoms with van der Waals surface area (Å²) in [6.45, 7) is 7.78. The molecule has 0 aromatic heterocycles. The summed E-state index contributed by atoms with van der Waals surface area (Å²) >= 11 is 0. The predicted molar refractivity (Wildman–Crippen MR) is 227 cm³/mol. The first-order chi connectivity index (χ1) is 29.1. The smallest absolute Gasteiger partial charge is 0.491 e. The van der Waals surface area contributed by atoms with Crippen LogP contribution in [0, 0.1) is 6.92 Å². The number of nitrogens with one attached hydrogen (secondary N) is 2. The topological polar surface area (TPSA) is 152 Å². The Hall–Kier alpha value is -5.45. The Morgan fingerprint density at radius 2 is 1.49 bits per heavy atom. The minimum absolute atomic E-state index is 0.0494. The Labute approximate surface area is 355 Å². The summed E-state index contributed by atoms with van der Waals surface area (Å²) in [5.74, 6) is 0.309. The molecule has 2 aliphatic heterocycles. The van der Waals surface area contributed by atoms with Gasteiger partial charge in [0.1, 0.15) is 18.1 Å². The van der Waals surface area contributed by atoms with Gasteiger partial charge in [0, 0.05) is 36.8 Å². The quantitative estimate of drug-likeness (QED) is 0.0948. The lowest BCUT2D eigenvalue weighted by molar-refractivity contribution is -0.274. The molecule has 11 nitrogen and oxygen atoms in total. The third kappa shape index (κ3) is 14.6. The van der Waals surface area contributed by atoms with E-state index in [1.165, 1.54) is 35.9 Å². The van der Waals surface area contributed by atoms with E-state index in [2.05, 4.69) is 27.5 Å². The number of hydrogen-bond donors (Lipinski definition) is 4. The molecule has 326 valence electrons. The first-order valence-electron chi connectivity index (χ1n) is 20.0. The van der Waals surface area contributed by atoms with Crippen molar-refractivity contribution in [3.05, 3.63) is 161 Å². The zero-order valence-corrected chi connectivity index (χ0v) is 35.1. The molecule has 2 saturated heterocycles. The lowest BCUT2D eigenvalue weighted by atomic mass is 10.0. The molecule has 5 aromatic rings. The van der Waals surface area contributed by atoms with Crippen LogP contribution in [0.1, 0.15) is 66.6 Å². The first kappa shape index (κ1) is 46.6. The van der Waals surface area contributed by atoms with Crippen LogP contribution in [0.2, 0.25) is 0 Å². The van der Waals surface area contributed by atoms with Crippen molar-refractivity contribution in [1.29, 1.82) is 0 Å². The molecule has 61 heavy (non-hydrogen) atoms. The number of nitrogens with zero attached hydrogens (tertiary/aromatic N) is 1. The molecule has 4 atom stereocenters. The summed E-state index contributed by atoms with van der Waals surface area (Å²) in [5.41, 5.74) is 11.0. The van der Waals surface area contributed by atoms with Crippen molar-refractivity contribution >= 4 is 16.2 Å². The number of carbonyl (C=O) groups excluding carboxylic acids is 1. The highest BCUT2D eigenvalue weighted by molar-refractivity contribution is 7.85. The van der Waals surface area contributed by atoms with E-state index in [-0.39, 0.29) is 53.6 Å². The molecular formula is C46H53F3N4O7S. The number of halogens is 3. The second-order valence-electron chi connectivity index (χ2n) is 14.9. The summed E-state index contributed by atoms with van der Waals surface area (Å²) in [6, 6.07) is 40.1. The van der Waals surface area contributed by atoms with E-state index >= 15 is 0 Å². The number of likely N-dealkylation sites (tertiary alicyclic amines) is 1. The van der Waals surface area contributed by atoms with Crippen LogP contribution in [0.25, 0.3) is 0 Å². The Morgan fingerprint density at radius 3 is 2.08 bits per heavy atom. The summed E-state index contributed by atoms with van der Waals surface area (Å²) in [7, 11) is -4.02. The number of alkyl halides is 3. The minimum Gasteiger partial charge on any atom is -0.491 e. The zero-order valence-electron chi connectivity index (χ0n) is 34.3. The summed E-state index contributed by atoms with van der Waals surface area (Å²) < 4.78 is 82.6. The van der Waals surface area contributed by atoms with Gasteiger partial charge in [-0.1, -0.05) is 109 Å². The average molecular weight is 863 g/mol. The van der Waals surface area contributed by atoms with Gasteiger partial charge in [-0.2, -0.15) is 8.42 Å². The molecule has 0 spiro atoms. The Morgan fingerprint density at radius 1 is 0.885 bits per heavy atom. The van der Waals surface area contributed by atoms with Crippen LogP contribution < -0.4 is 25.8 Å². The van der Waals surface area contributed by atoms with Gasteiger partial charge in [0.2, 0.25) is 0 Å². The fraction of sp³-hybridized carbons (Fsp3) is 0.326. The van der Waals surface area contributed by atoms with Crippen molar-refractivity contribution in [1.82, 2.24) is 15.5 Å². The van der Waals surface area contributed by atoms with Gasteiger partial charge in [0.25, 0.3) is 10.1 Å². The molecule has 0 aliphatic carbocycles. The Kier molecular flexibility index (Phi) is 16.7. The number of hydrogen-bond acceptors (Lipinski definition) is 9. The molecule has 2 unspecified atom stereocenters. The monoisotopic (exact) mass is 862 g/mol. The third-order valence-corrected chi connectivity index (χ3v) is 10.8. The van der Waals surface area contributed by atoms with E-state index in [0.717, 1.165) is 36.1 Å². The SMILES string of the molecule is CC(C)Oc1ccc(OC(F)(F)F)cc1CNC1CCNC1c1ccccc1.Cc1ccc(S(=O)(=O)O)cc1.N[C@@H]1CCN(C(=O)OCc2ccccc2)[C@@H]1c1ccccc1. The molecule has 7 rings (SSSR count). The number of ether oxygens (including phenoxy) is 3. The number of rotatable bonds is 11. The highest BCUT2D eigenvalue weighted by Crippen LogP contribution is 2.33. The van der Waals surface area contributed by atoms with Gasteiger partial charge < -0.3 is 30.6 Å². The lowest BCUT2D eigenvalue weighted by Crippen LogP contribution is -2.36. The highest BCUT2D eigenvalue weighted by atomic mass is 32.2. The average Bonchev–Trinajstić information content (AvgIpc) is 3.87. The summed E-state index contributed by atoms with van der Waals surface area (Å²) in [5, 5.41) is 6.95. The molecule has 1 amide bonds. The number of amides is 1. The Balaban J connectivity index is 0.000000189. The summed E-state index contributed by atoms with van der Waals surface area (Å²) in [6.07, 6.45) is -3.39. The predicted octanol–water partition coefficient (Wildman–Crippen LogP) is 8.90. The number of carbonyl (C=O) groups is 1. The van der Waals surface area contributed by atoms with Crippen molar-refractivity contribution in [2.45, 2.75) is 88.3 Å². The van der Waals surface area contributed by atoms with Gasteiger partial charge in [-0.25, -0.2) is 4.79 Å². The normalized spacial score (nSPS) is 18.7. The van der Waals surface area contributed by atoms with Crippen LogP contribution in [0.4, 0.5) is 18.0 Å². The zero-order chi connectivity index (χ0) is 44.0. The number of nitrogens with two attached hydrogens (primary N) is 1. The van der Waals surface area contributed by atoms with E-state index in [0.29, 0.717) is 24.4 Å². The van der Waals surface area contributed by atoms with Crippen LogP contribution >= 0.6 is 0 Å². The van der Waals surface area contributed by atoms with E-state index in [9.17, 15) is 26.4 Å². The standard InChI is InChI=1S/C21H25F3N2O2.C18H20N2O2.C7H8O3S/c1-14(2)27-19-9-8-17(28-21(22,23)24)12-16(19)13-26-18-10-11-25-20(18)15-6-4-3-5-7-15;19-16-11-12-20(17(16)15-9-5-2-6-10-15)18(21)22-13-14-7-3-1-4-8-14;1-6-2-4-7(5-3-6)11(8,9)10/h3-9,12,14,18,20,25-26H,10-11,13H2,1-2H3;1-10,16-17H,11-13,19H2;2-5H,1H3,(H,8,9,10)/t;16-,17-;/m.1./s1. The van der Waals surface area contributed by atoms with E-state index in [1.807, 2.05) is 99.6 Å². The minimum atomic E-state index is -4.72. The maximum Gasteiger partial charge on any atom is 0.573 e. The van der Waals surface area contributed by atoms with E-state index < -0.39 is 16.5 Å². The first-order valence-corrected chi connectivity index (χ1v) is 21.4. The van der Waals surface area contributed by atoms with Crippen molar-refractivity contribution in [3.8, 4) is 11.5 Å². The van der Waals surface area contributed by atoms with E-state index in [1.54, 1.807) is 17.0 Å². The third-order valence-electron chi connectivity index (χ3n) is 9.91. The van der Waals surface area contributed by atoms with Crippen LogP contribution in [0.3, 0.4) is 0 Å². The molecule has 0 saturated carbocycles. The van der Waals surface area contributed by atoms with Gasteiger partial charge >= 0.3 is 12.5 Å². The van der Waals surface area contributed by atoms with Crippen LogP contribution in [-0.2, 0) is 28.0 Å². The second-order valence-corrected chi connectivity index (χ2v) is 16.4. The van der Waals surface area contributed by atoms with Crippen LogP contribution in [0.5, 0.6) is 11.5 Å². The van der Waals surface area contributed by atoms with Crippen molar-refractivity contribution in [2.75, 3.05) is 13.1 Å². The number of aryl methyl sites for hydroxylation is 1. The molecule has 5 aromatic carbocycles. The largest absolute Gasteiger partial charge is 0.573 e. The van der Waals surface area contributed by atoms with Gasteiger partial charge in [0.15, 0.2) is 0 Å².